The molecule has 1 saturated heterocycles. The summed E-state index contributed by atoms with van der Waals surface area (Å²) in [7, 11) is 0. The lowest BCUT2D eigenvalue weighted by molar-refractivity contribution is -0.155. The Labute approximate surface area is 187 Å². The molecule has 0 N–H and O–H groups in total. The van der Waals surface area contributed by atoms with Gasteiger partial charge in [-0.1, -0.05) is 18.2 Å². The standard InChI is InChI=1S/C24H29F2NO5/c1-24(2,3)32-22(28)11-12-27-13-14-29-21(16-27)17-7-9-18(10-8-17)30-19-5-4-6-20(15-19)31-23(25)26/h4-10,15,21,23H,11-14,16H2,1-3H3. The fraction of sp³-hybridized carbons (Fsp3) is 0.458. The summed E-state index contributed by atoms with van der Waals surface area (Å²) in [5.41, 5.74) is 0.514. The minimum Gasteiger partial charge on any atom is -0.460 e. The van der Waals surface area contributed by atoms with Gasteiger partial charge in [-0.2, -0.15) is 8.78 Å². The average molecular weight is 449 g/mol. The van der Waals surface area contributed by atoms with Crippen LogP contribution in [0.25, 0.3) is 0 Å². The Morgan fingerprint density at radius 2 is 1.84 bits per heavy atom. The molecule has 0 aliphatic carbocycles. The van der Waals surface area contributed by atoms with Crippen molar-refractivity contribution in [3.63, 3.8) is 0 Å². The zero-order valence-electron chi connectivity index (χ0n) is 18.6. The third kappa shape index (κ3) is 7.76. The smallest absolute Gasteiger partial charge is 0.387 e. The summed E-state index contributed by atoms with van der Waals surface area (Å²) >= 11 is 0. The molecule has 0 saturated carbocycles. The number of nitrogens with zero attached hydrogens (tertiary/aromatic N) is 1. The summed E-state index contributed by atoms with van der Waals surface area (Å²) in [6, 6.07) is 13.5. The molecule has 0 radical (unpaired) electrons. The molecule has 6 nitrogen and oxygen atoms in total. The molecule has 1 atom stereocenters. The van der Waals surface area contributed by atoms with Gasteiger partial charge in [0.1, 0.15) is 22.8 Å². The molecule has 0 bridgehead atoms. The normalized spacial score (nSPS) is 17.2. The number of morpholine rings is 1. The zero-order chi connectivity index (χ0) is 23.1. The lowest BCUT2D eigenvalue weighted by Gasteiger charge is -2.33. The van der Waals surface area contributed by atoms with Gasteiger partial charge in [-0.3, -0.25) is 9.69 Å². The van der Waals surface area contributed by atoms with Gasteiger partial charge in [0.25, 0.3) is 0 Å². The molecule has 1 aliphatic heterocycles. The molecule has 174 valence electrons. The van der Waals surface area contributed by atoms with Crippen molar-refractivity contribution in [1.82, 2.24) is 4.90 Å². The maximum absolute atomic E-state index is 12.4. The minimum atomic E-state index is -2.89. The quantitative estimate of drug-likeness (QED) is 0.518. The van der Waals surface area contributed by atoms with E-state index in [0.29, 0.717) is 37.6 Å². The highest BCUT2D eigenvalue weighted by atomic mass is 19.3. The Morgan fingerprint density at radius 1 is 1.12 bits per heavy atom. The lowest BCUT2D eigenvalue weighted by Crippen LogP contribution is -2.39. The number of carbonyl (C=O) groups excluding carboxylic acids is 1. The van der Waals surface area contributed by atoms with Crippen molar-refractivity contribution in [3.8, 4) is 17.2 Å². The van der Waals surface area contributed by atoms with Crippen molar-refractivity contribution in [2.24, 2.45) is 0 Å². The molecule has 1 heterocycles. The van der Waals surface area contributed by atoms with E-state index in [-0.39, 0.29) is 17.8 Å². The molecule has 2 aromatic rings. The van der Waals surface area contributed by atoms with Crippen molar-refractivity contribution in [2.45, 2.75) is 45.5 Å². The fourth-order valence-corrected chi connectivity index (χ4v) is 3.35. The van der Waals surface area contributed by atoms with Crippen LogP contribution in [0.1, 0.15) is 38.9 Å². The van der Waals surface area contributed by atoms with Crippen LogP contribution in [0.4, 0.5) is 8.78 Å². The summed E-state index contributed by atoms with van der Waals surface area (Å²) < 4.78 is 46.2. The topological polar surface area (TPSA) is 57.2 Å². The monoisotopic (exact) mass is 449 g/mol. The fourth-order valence-electron chi connectivity index (χ4n) is 3.35. The van der Waals surface area contributed by atoms with Gasteiger partial charge in [0.15, 0.2) is 0 Å². The number of halogens is 2. The van der Waals surface area contributed by atoms with E-state index in [1.165, 1.54) is 12.1 Å². The number of carbonyl (C=O) groups is 1. The van der Waals surface area contributed by atoms with Gasteiger partial charge < -0.3 is 18.9 Å². The van der Waals surface area contributed by atoms with Crippen LogP contribution in [-0.4, -0.2) is 49.3 Å². The van der Waals surface area contributed by atoms with E-state index in [2.05, 4.69) is 9.64 Å². The number of esters is 1. The summed E-state index contributed by atoms with van der Waals surface area (Å²) in [4.78, 5) is 14.2. The summed E-state index contributed by atoms with van der Waals surface area (Å²) in [6.45, 7) is 5.32. The highest BCUT2D eigenvalue weighted by Gasteiger charge is 2.23. The van der Waals surface area contributed by atoms with Crippen molar-refractivity contribution in [1.29, 1.82) is 0 Å². The average Bonchev–Trinajstić information content (AvgIpc) is 2.72. The lowest BCUT2D eigenvalue weighted by atomic mass is 10.1. The van der Waals surface area contributed by atoms with Crippen molar-refractivity contribution in [3.05, 3.63) is 54.1 Å². The highest BCUT2D eigenvalue weighted by molar-refractivity contribution is 5.70. The van der Waals surface area contributed by atoms with Crippen molar-refractivity contribution < 1.29 is 32.5 Å². The number of rotatable bonds is 8. The van der Waals surface area contributed by atoms with Crippen LogP contribution < -0.4 is 9.47 Å². The predicted molar refractivity (Wildman–Crippen MR) is 115 cm³/mol. The number of hydrogen-bond acceptors (Lipinski definition) is 6. The number of hydrogen-bond donors (Lipinski definition) is 0. The van der Waals surface area contributed by atoms with Crippen LogP contribution in [0.15, 0.2) is 48.5 Å². The molecule has 32 heavy (non-hydrogen) atoms. The summed E-state index contributed by atoms with van der Waals surface area (Å²) in [5.74, 6) is 0.805. The molecule has 0 amide bonds. The number of alkyl halides is 2. The van der Waals surface area contributed by atoms with Gasteiger partial charge >= 0.3 is 12.6 Å². The van der Waals surface area contributed by atoms with Gasteiger partial charge in [-0.25, -0.2) is 0 Å². The predicted octanol–water partition coefficient (Wildman–Crippen LogP) is 5.19. The van der Waals surface area contributed by atoms with E-state index in [1.54, 1.807) is 24.3 Å². The third-order valence-corrected chi connectivity index (χ3v) is 4.72. The Kier molecular flexibility index (Phi) is 8.04. The maximum Gasteiger partial charge on any atom is 0.387 e. The third-order valence-electron chi connectivity index (χ3n) is 4.72. The first-order chi connectivity index (χ1) is 15.2. The Morgan fingerprint density at radius 3 is 2.53 bits per heavy atom. The SMILES string of the molecule is CC(C)(C)OC(=O)CCN1CCOC(c2ccc(Oc3cccc(OC(F)F)c3)cc2)C1. The second kappa shape index (κ2) is 10.7. The Bertz CT molecular complexity index is 883. The molecule has 3 rings (SSSR count). The van der Waals surface area contributed by atoms with Crippen molar-refractivity contribution in [2.75, 3.05) is 26.2 Å². The largest absolute Gasteiger partial charge is 0.460 e. The van der Waals surface area contributed by atoms with E-state index in [9.17, 15) is 13.6 Å². The molecule has 1 unspecified atom stereocenters. The zero-order valence-corrected chi connectivity index (χ0v) is 18.6. The van der Waals surface area contributed by atoms with Gasteiger partial charge in [0.2, 0.25) is 0 Å². The maximum atomic E-state index is 12.4. The van der Waals surface area contributed by atoms with Crippen LogP contribution in [-0.2, 0) is 14.3 Å². The molecular formula is C24H29F2NO5. The molecular weight excluding hydrogens is 420 g/mol. The van der Waals surface area contributed by atoms with Crippen molar-refractivity contribution >= 4 is 5.97 Å². The van der Waals surface area contributed by atoms with Gasteiger partial charge in [0, 0.05) is 25.7 Å². The van der Waals surface area contributed by atoms with E-state index < -0.39 is 12.2 Å². The molecule has 0 aromatic heterocycles. The van der Waals surface area contributed by atoms with Crippen LogP contribution in [0.3, 0.4) is 0 Å². The summed E-state index contributed by atoms with van der Waals surface area (Å²) in [5, 5.41) is 0. The molecule has 8 heteroatoms. The first-order valence-electron chi connectivity index (χ1n) is 10.6. The first-order valence-corrected chi connectivity index (χ1v) is 10.6. The second-order valence-electron chi connectivity index (χ2n) is 8.52. The van der Waals surface area contributed by atoms with Crippen LogP contribution >= 0.6 is 0 Å². The number of benzene rings is 2. The van der Waals surface area contributed by atoms with Gasteiger partial charge in [0.05, 0.1) is 19.1 Å². The van der Waals surface area contributed by atoms with E-state index in [1.807, 2.05) is 32.9 Å². The van der Waals surface area contributed by atoms with Crippen LogP contribution in [0, 0.1) is 0 Å². The minimum absolute atomic E-state index is 0.0381. The first kappa shape index (κ1) is 23.9. The number of ether oxygens (including phenoxy) is 4. The highest BCUT2D eigenvalue weighted by Crippen LogP contribution is 2.29. The Hall–Kier alpha value is -2.71. The van der Waals surface area contributed by atoms with E-state index >= 15 is 0 Å². The van der Waals surface area contributed by atoms with Crippen LogP contribution in [0.2, 0.25) is 0 Å². The van der Waals surface area contributed by atoms with Crippen LogP contribution in [0.5, 0.6) is 17.2 Å². The molecule has 1 aliphatic rings. The molecule has 0 spiro atoms. The van der Waals surface area contributed by atoms with Gasteiger partial charge in [-0.15, -0.1) is 0 Å². The van der Waals surface area contributed by atoms with E-state index in [4.69, 9.17) is 14.2 Å². The second-order valence-corrected chi connectivity index (χ2v) is 8.52. The van der Waals surface area contributed by atoms with E-state index in [0.717, 1.165) is 12.1 Å². The molecule has 1 fully saturated rings. The van der Waals surface area contributed by atoms with Gasteiger partial charge in [-0.05, 0) is 50.6 Å². The summed E-state index contributed by atoms with van der Waals surface area (Å²) in [6.07, 6.45) is 0.227. The molecule has 2 aromatic carbocycles. The Balaban J connectivity index is 1.53.